The Morgan fingerprint density at radius 2 is 1.96 bits per heavy atom. The minimum Gasteiger partial charge on any atom is -0.483 e. The van der Waals surface area contributed by atoms with Crippen LogP contribution in [0.25, 0.3) is 0 Å². The molecule has 1 saturated carbocycles. The van der Waals surface area contributed by atoms with Gasteiger partial charge in [-0.2, -0.15) is 0 Å². The van der Waals surface area contributed by atoms with E-state index in [1.807, 2.05) is 32.9 Å². The molecule has 0 aromatic heterocycles. The summed E-state index contributed by atoms with van der Waals surface area (Å²) < 4.78 is 5.73. The first-order valence-corrected chi connectivity index (χ1v) is 9.17. The molecule has 24 heavy (non-hydrogen) atoms. The first-order valence-electron chi connectivity index (χ1n) is 8.79. The summed E-state index contributed by atoms with van der Waals surface area (Å²) in [5.74, 6) is 0.593. The van der Waals surface area contributed by atoms with E-state index in [2.05, 4.69) is 10.6 Å². The average molecular weight is 353 g/mol. The van der Waals surface area contributed by atoms with Crippen LogP contribution in [0.15, 0.2) is 18.2 Å². The molecule has 134 valence electrons. The molecule has 4 nitrogen and oxygen atoms in total. The third kappa shape index (κ3) is 6.70. The summed E-state index contributed by atoms with van der Waals surface area (Å²) in [7, 11) is 0. The van der Waals surface area contributed by atoms with Crippen molar-refractivity contribution in [3.8, 4) is 5.75 Å². The van der Waals surface area contributed by atoms with Crippen molar-refractivity contribution in [1.82, 2.24) is 10.6 Å². The number of halogens is 1. The standard InChI is InChI=1S/C19H29ClN2O2/c1-19(2,3)22-18(23)13-24-17-10-9-15(20)11-14(17)12-21-16-7-5-4-6-8-16/h9-11,16,21H,4-8,12-13H2,1-3H3,(H,22,23). The molecular weight excluding hydrogens is 324 g/mol. The number of benzene rings is 1. The van der Waals surface area contributed by atoms with Crippen molar-refractivity contribution in [2.24, 2.45) is 0 Å². The minimum absolute atomic E-state index is 0.00926. The second kappa shape index (κ2) is 8.72. The van der Waals surface area contributed by atoms with Crippen LogP contribution in [0.5, 0.6) is 5.75 Å². The molecule has 0 radical (unpaired) electrons. The summed E-state index contributed by atoms with van der Waals surface area (Å²) in [5, 5.41) is 7.17. The predicted octanol–water partition coefficient (Wildman–Crippen LogP) is 4.06. The first kappa shape index (κ1) is 19.1. The molecule has 5 heteroatoms. The minimum atomic E-state index is -0.258. The molecule has 0 heterocycles. The lowest BCUT2D eigenvalue weighted by atomic mass is 9.95. The zero-order valence-corrected chi connectivity index (χ0v) is 15.7. The topological polar surface area (TPSA) is 50.4 Å². The van der Waals surface area contributed by atoms with Crippen molar-refractivity contribution >= 4 is 17.5 Å². The maximum Gasteiger partial charge on any atom is 0.258 e. The van der Waals surface area contributed by atoms with E-state index in [9.17, 15) is 4.79 Å². The van der Waals surface area contributed by atoms with E-state index in [1.165, 1.54) is 32.1 Å². The average Bonchev–Trinajstić information content (AvgIpc) is 2.51. The zero-order valence-electron chi connectivity index (χ0n) is 15.0. The van der Waals surface area contributed by atoms with Gasteiger partial charge in [-0.25, -0.2) is 0 Å². The molecule has 0 aliphatic heterocycles. The summed E-state index contributed by atoms with van der Waals surface area (Å²) in [6.45, 7) is 6.57. The van der Waals surface area contributed by atoms with E-state index >= 15 is 0 Å². The number of hydrogen-bond donors (Lipinski definition) is 2. The lowest BCUT2D eigenvalue weighted by Crippen LogP contribution is -2.43. The van der Waals surface area contributed by atoms with Crippen LogP contribution in [0.1, 0.15) is 58.4 Å². The summed E-state index contributed by atoms with van der Waals surface area (Å²) >= 11 is 6.13. The molecule has 1 aliphatic rings. The van der Waals surface area contributed by atoms with E-state index < -0.39 is 0 Å². The Labute approximate surface area is 150 Å². The van der Waals surface area contributed by atoms with Crippen LogP contribution in [0.2, 0.25) is 5.02 Å². The third-order valence-corrected chi connectivity index (χ3v) is 4.32. The van der Waals surface area contributed by atoms with Crippen molar-refractivity contribution < 1.29 is 9.53 Å². The van der Waals surface area contributed by atoms with Crippen LogP contribution >= 0.6 is 11.6 Å². The van der Waals surface area contributed by atoms with E-state index in [0.29, 0.717) is 23.4 Å². The molecule has 1 amide bonds. The van der Waals surface area contributed by atoms with Gasteiger partial charge in [-0.05, 0) is 51.8 Å². The van der Waals surface area contributed by atoms with Gasteiger partial charge in [0.25, 0.3) is 5.91 Å². The monoisotopic (exact) mass is 352 g/mol. The predicted molar refractivity (Wildman–Crippen MR) is 98.6 cm³/mol. The van der Waals surface area contributed by atoms with Gasteiger partial charge in [0.2, 0.25) is 0 Å². The van der Waals surface area contributed by atoms with Crippen molar-refractivity contribution in [3.05, 3.63) is 28.8 Å². The molecule has 2 rings (SSSR count). The highest BCUT2D eigenvalue weighted by Crippen LogP contribution is 2.24. The molecule has 0 atom stereocenters. The number of ether oxygens (including phenoxy) is 1. The van der Waals surface area contributed by atoms with Gasteiger partial charge in [0.15, 0.2) is 6.61 Å². The molecule has 0 unspecified atom stereocenters. The molecule has 0 bridgehead atoms. The van der Waals surface area contributed by atoms with Crippen molar-refractivity contribution in [3.63, 3.8) is 0 Å². The molecule has 1 aromatic rings. The van der Waals surface area contributed by atoms with Gasteiger partial charge in [0, 0.05) is 28.7 Å². The summed E-state index contributed by atoms with van der Waals surface area (Å²) in [5.41, 5.74) is 0.739. The second-order valence-corrected chi connectivity index (χ2v) is 7.99. The van der Waals surface area contributed by atoms with Gasteiger partial charge < -0.3 is 15.4 Å². The van der Waals surface area contributed by atoms with Gasteiger partial charge in [0.05, 0.1) is 0 Å². The highest BCUT2D eigenvalue weighted by molar-refractivity contribution is 6.30. The van der Waals surface area contributed by atoms with Gasteiger partial charge >= 0.3 is 0 Å². The Hall–Kier alpha value is -1.26. The summed E-state index contributed by atoms with van der Waals surface area (Å²) in [4.78, 5) is 11.9. The third-order valence-electron chi connectivity index (χ3n) is 4.08. The maximum absolute atomic E-state index is 11.9. The SMILES string of the molecule is CC(C)(C)NC(=O)COc1ccc(Cl)cc1CNC1CCCCC1. The van der Waals surface area contributed by atoms with Gasteiger partial charge in [-0.15, -0.1) is 0 Å². The summed E-state index contributed by atoms with van der Waals surface area (Å²) in [6.07, 6.45) is 6.38. The van der Waals surface area contributed by atoms with Gasteiger partial charge in [-0.3, -0.25) is 4.79 Å². The van der Waals surface area contributed by atoms with E-state index in [0.717, 1.165) is 5.56 Å². The highest BCUT2D eigenvalue weighted by atomic mass is 35.5. The lowest BCUT2D eigenvalue weighted by Gasteiger charge is -2.24. The van der Waals surface area contributed by atoms with Crippen molar-refractivity contribution in [2.75, 3.05) is 6.61 Å². The Balaban J connectivity index is 1.92. The molecular formula is C19H29ClN2O2. The second-order valence-electron chi connectivity index (χ2n) is 7.55. The van der Waals surface area contributed by atoms with Crippen LogP contribution in [-0.2, 0) is 11.3 Å². The molecule has 0 saturated heterocycles. The van der Waals surface area contributed by atoms with Crippen molar-refractivity contribution in [1.29, 1.82) is 0 Å². The fourth-order valence-electron chi connectivity index (χ4n) is 2.99. The van der Waals surface area contributed by atoms with E-state index in [4.69, 9.17) is 16.3 Å². The van der Waals surface area contributed by atoms with Crippen molar-refractivity contribution in [2.45, 2.75) is 71.0 Å². The Morgan fingerprint density at radius 1 is 1.25 bits per heavy atom. The lowest BCUT2D eigenvalue weighted by molar-refractivity contribution is -0.124. The van der Waals surface area contributed by atoms with Crippen LogP contribution in [0, 0.1) is 0 Å². The largest absolute Gasteiger partial charge is 0.483 e. The van der Waals surface area contributed by atoms with E-state index in [-0.39, 0.29) is 18.1 Å². The molecule has 1 aromatic carbocycles. The van der Waals surface area contributed by atoms with Crippen LogP contribution < -0.4 is 15.4 Å². The Kier molecular flexibility index (Phi) is 6.93. The molecule has 0 spiro atoms. The number of nitrogens with one attached hydrogen (secondary N) is 2. The molecule has 1 aliphatic carbocycles. The van der Waals surface area contributed by atoms with Crippen LogP contribution in [0.4, 0.5) is 0 Å². The number of carbonyl (C=O) groups is 1. The molecule has 1 fully saturated rings. The number of rotatable bonds is 6. The normalized spacial score (nSPS) is 16.0. The number of amides is 1. The smallest absolute Gasteiger partial charge is 0.258 e. The molecule has 2 N–H and O–H groups in total. The van der Waals surface area contributed by atoms with Crippen LogP contribution in [0.3, 0.4) is 0 Å². The summed E-state index contributed by atoms with van der Waals surface area (Å²) in [6, 6.07) is 6.11. The van der Waals surface area contributed by atoms with Gasteiger partial charge in [0.1, 0.15) is 5.75 Å². The fraction of sp³-hybridized carbons (Fsp3) is 0.632. The number of hydrogen-bond acceptors (Lipinski definition) is 3. The van der Waals surface area contributed by atoms with Gasteiger partial charge in [-0.1, -0.05) is 30.9 Å². The fourth-order valence-corrected chi connectivity index (χ4v) is 3.18. The Bertz CT molecular complexity index is 549. The Morgan fingerprint density at radius 3 is 2.62 bits per heavy atom. The zero-order chi connectivity index (χ0) is 17.6. The van der Waals surface area contributed by atoms with Crippen LogP contribution in [-0.4, -0.2) is 24.1 Å². The maximum atomic E-state index is 11.9. The quantitative estimate of drug-likeness (QED) is 0.811. The van der Waals surface area contributed by atoms with E-state index in [1.54, 1.807) is 6.07 Å². The first-order chi connectivity index (χ1) is 11.3. The number of carbonyl (C=O) groups excluding carboxylic acids is 1. The highest BCUT2D eigenvalue weighted by Gasteiger charge is 2.16.